The summed E-state index contributed by atoms with van der Waals surface area (Å²) in [7, 11) is 0. The van der Waals surface area contributed by atoms with Crippen molar-refractivity contribution in [1.82, 2.24) is 0 Å². The van der Waals surface area contributed by atoms with E-state index in [2.05, 4.69) is 5.32 Å². The zero-order valence-electron chi connectivity index (χ0n) is 8.90. The lowest BCUT2D eigenvalue weighted by molar-refractivity contribution is 1.36. The number of nitriles is 4. The van der Waals surface area contributed by atoms with Crippen LogP contribution in [-0.2, 0) is 0 Å². The van der Waals surface area contributed by atoms with Gasteiger partial charge >= 0.3 is 0 Å². The maximum Gasteiger partial charge on any atom is 0.163 e. The van der Waals surface area contributed by atoms with Crippen LogP contribution in [0.1, 0.15) is 5.56 Å². The lowest BCUT2D eigenvalue weighted by Crippen LogP contribution is -2.02. The molecule has 0 aliphatic rings. The van der Waals surface area contributed by atoms with Crippen LogP contribution in [0.5, 0.6) is 0 Å². The zero-order valence-corrected chi connectivity index (χ0v) is 11.1. The molecule has 0 bridgehead atoms. The number of nitrogens with one attached hydrogen (secondary N) is 1. The Balaban J connectivity index is 3.19. The zero-order chi connectivity index (χ0) is 13.5. The van der Waals surface area contributed by atoms with Gasteiger partial charge in [-0.05, 0) is 40.8 Å². The monoisotopic (exact) mass is 345 g/mol. The molecule has 0 spiro atoms. The second kappa shape index (κ2) is 6.25. The Morgan fingerprint density at radius 1 is 1.06 bits per heavy atom. The molecule has 0 amide bonds. The molecule has 1 aromatic carbocycles. The fourth-order valence-corrected chi connectivity index (χ4v) is 1.75. The first-order valence-corrected chi connectivity index (χ1v) is 5.65. The lowest BCUT2D eigenvalue weighted by Gasteiger charge is -2.07. The molecular formula is C12H4IN5. The molecule has 1 rings (SSSR count). The highest BCUT2D eigenvalue weighted by Crippen LogP contribution is 2.21. The van der Waals surface area contributed by atoms with Crippen LogP contribution in [0.25, 0.3) is 0 Å². The van der Waals surface area contributed by atoms with E-state index in [1.165, 1.54) is 0 Å². The van der Waals surface area contributed by atoms with Gasteiger partial charge in [-0.3, -0.25) is 0 Å². The van der Waals surface area contributed by atoms with Crippen molar-refractivity contribution in [3.8, 4) is 24.3 Å². The van der Waals surface area contributed by atoms with E-state index in [0.29, 0.717) is 11.3 Å². The molecule has 1 N–H and O–H groups in total. The Labute approximate surface area is 117 Å². The number of anilines is 1. The summed E-state index contributed by atoms with van der Waals surface area (Å²) >= 11 is 2.00. The summed E-state index contributed by atoms with van der Waals surface area (Å²) in [6.07, 6.45) is 0. The van der Waals surface area contributed by atoms with Gasteiger partial charge in [0.15, 0.2) is 5.57 Å². The normalized spacial score (nSPS) is 8.06. The Bertz CT molecular complexity index is 660. The van der Waals surface area contributed by atoms with Crippen molar-refractivity contribution in [2.45, 2.75) is 0 Å². The van der Waals surface area contributed by atoms with Crippen molar-refractivity contribution in [3.63, 3.8) is 0 Å². The minimum Gasteiger partial charge on any atom is -0.344 e. The van der Waals surface area contributed by atoms with E-state index in [1.54, 1.807) is 36.4 Å². The molecule has 6 heteroatoms. The predicted octanol–water partition coefficient (Wildman–Crippen LogP) is 2.40. The van der Waals surface area contributed by atoms with Crippen LogP contribution in [0.2, 0.25) is 0 Å². The number of benzene rings is 1. The summed E-state index contributed by atoms with van der Waals surface area (Å²) in [6.45, 7) is 0. The highest BCUT2D eigenvalue weighted by molar-refractivity contribution is 14.1. The summed E-state index contributed by atoms with van der Waals surface area (Å²) in [5.41, 5.74) is 0.669. The number of allylic oxidation sites excluding steroid dienone is 2. The maximum absolute atomic E-state index is 8.88. The van der Waals surface area contributed by atoms with E-state index in [-0.39, 0.29) is 11.3 Å². The fraction of sp³-hybridized carbons (Fsp3) is 0. The van der Waals surface area contributed by atoms with Gasteiger partial charge in [-0.2, -0.15) is 21.0 Å². The maximum atomic E-state index is 8.88. The molecule has 0 saturated heterocycles. The number of hydrogen-bond acceptors (Lipinski definition) is 5. The van der Waals surface area contributed by atoms with Crippen LogP contribution >= 0.6 is 22.6 Å². The van der Waals surface area contributed by atoms with Gasteiger partial charge < -0.3 is 5.32 Å². The summed E-state index contributed by atoms with van der Waals surface area (Å²) in [6, 6.07) is 11.9. The van der Waals surface area contributed by atoms with Crippen molar-refractivity contribution in [2.24, 2.45) is 0 Å². The molecule has 0 radical (unpaired) electrons. The fourth-order valence-electron chi connectivity index (χ4n) is 1.10. The Morgan fingerprint density at radius 2 is 1.72 bits per heavy atom. The molecule has 5 nitrogen and oxygen atoms in total. The Morgan fingerprint density at radius 3 is 2.17 bits per heavy atom. The number of hydrogen-bond donors (Lipinski definition) is 1. The van der Waals surface area contributed by atoms with Crippen molar-refractivity contribution in [1.29, 1.82) is 21.0 Å². The average Bonchev–Trinajstić information content (AvgIpc) is 2.40. The molecule has 84 valence electrons. The highest BCUT2D eigenvalue weighted by Gasteiger charge is 2.08. The molecule has 18 heavy (non-hydrogen) atoms. The average molecular weight is 345 g/mol. The number of nitrogens with zero attached hydrogens (tertiary/aromatic N) is 4. The topological polar surface area (TPSA) is 107 Å². The van der Waals surface area contributed by atoms with Crippen LogP contribution in [-0.4, -0.2) is 0 Å². The van der Waals surface area contributed by atoms with Gasteiger partial charge in [0.05, 0.1) is 17.3 Å². The molecule has 0 saturated carbocycles. The molecule has 0 heterocycles. The first kappa shape index (κ1) is 13.5. The first-order valence-electron chi connectivity index (χ1n) is 4.57. The molecule has 0 atom stereocenters. The van der Waals surface area contributed by atoms with Gasteiger partial charge in [0.2, 0.25) is 0 Å². The lowest BCUT2D eigenvalue weighted by atomic mass is 10.2. The van der Waals surface area contributed by atoms with E-state index in [0.717, 1.165) is 3.57 Å². The molecular weight excluding hydrogens is 341 g/mol. The minimum atomic E-state index is -0.280. The Kier molecular flexibility index (Phi) is 4.69. The van der Waals surface area contributed by atoms with Crippen LogP contribution in [0, 0.1) is 48.9 Å². The first-order chi connectivity index (χ1) is 8.65. The highest BCUT2D eigenvalue weighted by atomic mass is 127. The quantitative estimate of drug-likeness (QED) is 0.654. The third-order valence-electron chi connectivity index (χ3n) is 1.94. The van der Waals surface area contributed by atoms with Crippen LogP contribution in [0.15, 0.2) is 29.5 Å². The van der Waals surface area contributed by atoms with Gasteiger partial charge in [-0.15, -0.1) is 0 Å². The summed E-state index contributed by atoms with van der Waals surface area (Å²) in [5.74, 6) is 0. The Hall–Kier alpha value is -2.55. The van der Waals surface area contributed by atoms with E-state index in [1.807, 2.05) is 28.7 Å². The molecule has 0 aliphatic heterocycles. The molecule has 0 fully saturated rings. The van der Waals surface area contributed by atoms with Gasteiger partial charge in [0.25, 0.3) is 0 Å². The smallest absolute Gasteiger partial charge is 0.163 e. The van der Waals surface area contributed by atoms with Crippen molar-refractivity contribution >= 4 is 28.3 Å². The molecule has 1 aromatic rings. The second-order valence-corrected chi connectivity index (χ2v) is 4.18. The summed E-state index contributed by atoms with van der Waals surface area (Å²) in [4.78, 5) is 0. The van der Waals surface area contributed by atoms with E-state index >= 15 is 0 Å². The van der Waals surface area contributed by atoms with Crippen molar-refractivity contribution in [2.75, 3.05) is 5.32 Å². The minimum absolute atomic E-state index is 0.109. The second-order valence-electron chi connectivity index (χ2n) is 3.02. The molecule has 0 unspecified atom stereocenters. The summed E-state index contributed by atoms with van der Waals surface area (Å²) < 4.78 is 0.717. The number of halogens is 1. The molecule has 0 aliphatic carbocycles. The van der Waals surface area contributed by atoms with Crippen molar-refractivity contribution < 1.29 is 0 Å². The van der Waals surface area contributed by atoms with E-state index in [9.17, 15) is 0 Å². The third kappa shape index (κ3) is 2.98. The van der Waals surface area contributed by atoms with Gasteiger partial charge in [-0.25, -0.2) is 0 Å². The van der Waals surface area contributed by atoms with Crippen LogP contribution in [0.3, 0.4) is 0 Å². The number of rotatable bonds is 2. The van der Waals surface area contributed by atoms with E-state index in [4.69, 9.17) is 21.0 Å². The predicted molar refractivity (Wildman–Crippen MR) is 71.4 cm³/mol. The van der Waals surface area contributed by atoms with Crippen LogP contribution in [0.4, 0.5) is 5.69 Å². The van der Waals surface area contributed by atoms with E-state index < -0.39 is 0 Å². The largest absolute Gasteiger partial charge is 0.344 e. The molecule has 0 aromatic heterocycles. The summed E-state index contributed by atoms with van der Waals surface area (Å²) in [5, 5.41) is 37.7. The van der Waals surface area contributed by atoms with Crippen LogP contribution < -0.4 is 5.32 Å². The van der Waals surface area contributed by atoms with Gasteiger partial charge in [0, 0.05) is 3.57 Å². The third-order valence-corrected chi connectivity index (χ3v) is 2.84. The standard InChI is InChI=1S/C12H4IN5/c13-10-3-8(4-14)1-2-11(10)18-12(7-17)9(5-15)6-16/h1-3,18H. The SMILES string of the molecule is N#CC(C#N)=C(C#N)Nc1ccc(C#N)cc1I. The van der Waals surface area contributed by atoms with Gasteiger partial charge in [0.1, 0.15) is 23.9 Å². The van der Waals surface area contributed by atoms with Crippen molar-refractivity contribution in [3.05, 3.63) is 38.6 Å². The van der Waals surface area contributed by atoms with Gasteiger partial charge in [-0.1, -0.05) is 0 Å².